The van der Waals surface area contributed by atoms with E-state index in [1.54, 1.807) is 23.9 Å². The van der Waals surface area contributed by atoms with Crippen LogP contribution in [0.25, 0.3) is 0 Å². The largest absolute Gasteiger partial charge is 0.370 e. The van der Waals surface area contributed by atoms with Crippen LogP contribution < -0.4 is 5.32 Å². The first-order valence-electron chi connectivity index (χ1n) is 7.28. The standard InChI is InChI=1S/C14H25N3O3/c1-9(2)6-15-14(19)17-7-10-5-11(12(8-17)20-10)13(18)16(3)4/h9-12H,5-8H2,1-4H3,(H,15,19). The fourth-order valence-corrected chi connectivity index (χ4v) is 2.82. The molecule has 114 valence electrons. The van der Waals surface area contributed by atoms with Gasteiger partial charge in [0.1, 0.15) is 0 Å². The number of likely N-dealkylation sites (tertiary alicyclic amines) is 1. The number of urea groups is 1. The summed E-state index contributed by atoms with van der Waals surface area (Å²) in [7, 11) is 3.52. The van der Waals surface area contributed by atoms with Crippen molar-refractivity contribution in [3.8, 4) is 0 Å². The van der Waals surface area contributed by atoms with Gasteiger partial charge in [-0.1, -0.05) is 13.8 Å². The van der Waals surface area contributed by atoms with Gasteiger partial charge in [0.2, 0.25) is 5.91 Å². The average Bonchev–Trinajstić information content (AvgIpc) is 2.69. The van der Waals surface area contributed by atoms with Crippen LogP contribution in [0.3, 0.4) is 0 Å². The fourth-order valence-electron chi connectivity index (χ4n) is 2.82. The summed E-state index contributed by atoms with van der Waals surface area (Å²) >= 11 is 0. The first kappa shape index (κ1) is 15.1. The lowest BCUT2D eigenvalue weighted by atomic mass is 9.99. The smallest absolute Gasteiger partial charge is 0.317 e. The van der Waals surface area contributed by atoms with Crippen LogP contribution in [0.2, 0.25) is 0 Å². The van der Waals surface area contributed by atoms with Gasteiger partial charge in [-0.3, -0.25) is 4.79 Å². The van der Waals surface area contributed by atoms with Crippen molar-refractivity contribution >= 4 is 11.9 Å². The third kappa shape index (κ3) is 3.23. The van der Waals surface area contributed by atoms with Crippen LogP contribution in [0, 0.1) is 11.8 Å². The summed E-state index contributed by atoms with van der Waals surface area (Å²) in [5, 5.41) is 2.92. The van der Waals surface area contributed by atoms with Crippen molar-refractivity contribution in [2.75, 3.05) is 33.7 Å². The Morgan fingerprint density at radius 3 is 2.65 bits per heavy atom. The Morgan fingerprint density at radius 2 is 2.05 bits per heavy atom. The molecule has 2 rings (SSSR count). The van der Waals surface area contributed by atoms with Crippen molar-refractivity contribution in [1.82, 2.24) is 15.1 Å². The van der Waals surface area contributed by atoms with Crippen LogP contribution in [-0.4, -0.2) is 67.7 Å². The summed E-state index contributed by atoms with van der Waals surface area (Å²) in [6.07, 6.45) is 0.552. The Balaban J connectivity index is 1.93. The third-order valence-corrected chi connectivity index (χ3v) is 3.86. The molecule has 0 radical (unpaired) electrons. The SMILES string of the molecule is CC(C)CNC(=O)N1CC2CC(C(=O)N(C)C)C(C1)O2. The maximum Gasteiger partial charge on any atom is 0.317 e. The maximum atomic E-state index is 12.1. The Kier molecular flexibility index (Phi) is 4.52. The molecule has 0 aromatic carbocycles. The Morgan fingerprint density at radius 1 is 1.35 bits per heavy atom. The van der Waals surface area contributed by atoms with Gasteiger partial charge in [-0.25, -0.2) is 4.79 Å². The fraction of sp³-hybridized carbons (Fsp3) is 0.857. The average molecular weight is 283 g/mol. The highest BCUT2D eigenvalue weighted by molar-refractivity contribution is 5.80. The molecule has 0 aliphatic carbocycles. The highest BCUT2D eigenvalue weighted by atomic mass is 16.5. The van der Waals surface area contributed by atoms with Crippen LogP contribution in [0.15, 0.2) is 0 Å². The number of hydrogen-bond acceptors (Lipinski definition) is 3. The highest BCUT2D eigenvalue weighted by Crippen LogP contribution is 2.32. The van der Waals surface area contributed by atoms with Crippen molar-refractivity contribution in [3.63, 3.8) is 0 Å². The van der Waals surface area contributed by atoms with Gasteiger partial charge in [-0.15, -0.1) is 0 Å². The van der Waals surface area contributed by atoms with Gasteiger partial charge in [0.05, 0.1) is 18.1 Å². The zero-order valence-electron chi connectivity index (χ0n) is 12.8. The second kappa shape index (κ2) is 5.99. The molecule has 6 heteroatoms. The third-order valence-electron chi connectivity index (χ3n) is 3.86. The molecule has 0 aromatic heterocycles. The molecule has 0 aromatic rings. The molecule has 2 aliphatic rings. The molecule has 2 heterocycles. The van der Waals surface area contributed by atoms with Crippen LogP contribution in [0.1, 0.15) is 20.3 Å². The minimum atomic E-state index is -0.159. The monoisotopic (exact) mass is 283 g/mol. The molecule has 2 fully saturated rings. The minimum absolute atomic E-state index is 0.00699. The number of rotatable bonds is 3. The summed E-state index contributed by atoms with van der Waals surface area (Å²) < 4.78 is 5.82. The quantitative estimate of drug-likeness (QED) is 0.822. The van der Waals surface area contributed by atoms with Crippen LogP contribution >= 0.6 is 0 Å². The van der Waals surface area contributed by atoms with Crippen molar-refractivity contribution in [1.29, 1.82) is 0 Å². The van der Waals surface area contributed by atoms with E-state index < -0.39 is 0 Å². The van der Waals surface area contributed by atoms with Crippen LogP contribution in [-0.2, 0) is 9.53 Å². The zero-order chi connectivity index (χ0) is 14.9. The summed E-state index contributed by atoms with van der Waals surface area (Å²) in [6.45, 7) is 5.89. The molecule has 3 atom stereocenters. The number of nitrogens with zero attached hydrogens (tertiary/aromatic N) is 2. The molecule has 3 unspecified atom stereocenters. The van der Waals surface area contributed by atoms with Crippen LogP contribution in [0.4, 0.5) is 4.79 Å². The second-order valence-corrected chi connectivity index (χ2v) is 6.36. The number of nitrogens with one attached hydrogen (secondary N) is 1. The second-order valence-electron chi connectivity index (χ2n) is 6.36. The van der Waals surface area contributed by atoms with Gasteiger partial charge in [0, 0.05) is 33.7 Å². The predicted octanol–water partition coefficient (Wildman–Crippen LogP) is 0.530. The number of carbonyl (C=O) groups excluding carboxylic acids is 2. The predicted molar refractivity (Wildman–Crippen MR) is 75.3 cm³/mol. The molecular formula is C14H25N3O3. The lowest BCUT2D eigenvalue weighted by Crippen LogP contribution is -2.51. The molecule has 3 amide bonds. The summed E-state index contributed by atoms with van der Waals surface area (Å²) in [5.74, 6) is 0.416. The topological polar surface area (TPSA) is 61.9 Å². The van der Waals surface area contributed by atoms with Gasteiger partial charge < -0.3 is 19.9 Å². The lowest BCUT2D eigenvalue weighted by Gasteiger charge is -2.33. The summed E-state index contributed by atoms with van der Waals surface area (Å²) in [6, 6.07) is -0.0463. The Bertz CT molecular complexity index is 384. The zero-order valence-corrected chi connectivity index (χ0v) is 12.8. The normalized spacial score (nSPS) is 28.6. The van der Waals surface area contributed by atoms with E-state index >= 15 is 0 Å². The van der Waals surface area contributed by atoms with Gasteiger partial charge in [-0.05, 0) is 12.3 Å². The van der Waals surface area contributed by atoms with Gasteiger partial charge in [0.25, 0.3) is 0 Å². The van der Waals surface area contributed by atoms with Crippen LogP contribution in [0.5, 0.6) is 0 Å². The number of amides is 3. The van der Waals surface area contributed by atoms with E-state index in [9.17, 15) is 9.59 Å². The van der Waals surface area contributed by atoms with E-state index in [0.29, 0.717) is 25.6 Å². The van der Waals surface area contributed by atoms with Crippen molar-refractivity contribution in [3.05, 3.63) is 0 Å². The molecule has 0 saturated carbocycles. The number of morpholine rings is 1. The van der Waals surface area contributed by atoms with E-state index in [2.05, 4.69) is 19.2 Å². The maximum absolute atomic E-state index is 12.1. The van der Waals surface area contributed by atoms with E-state index in [1.165, 1.54) is 0 Å². The summed E-state index contributed by atoms with van der Waals surface area (Å²) in [4.78, 5) is 27.6. The molecular weight excluding hydrogens is 258 g/mol. The van der Waals surface area contributed by atoms with Gasteiger partial charge >= 0.3 is 6.03 Å². The van der Waals surface area contributed by atoms with Crippen molar-refractivity contribution in [2.45, 2.75) is 32.5 Å². The molecule has 20 heavy (non-hydrogen) atoms. The van der Waals surface area contributed by atoms with E-state index in [0.717, 1.165) is 6.42 Å². The van der Waals surface area contributed by atoms with Gasteiger partial charge in [-0.2, -0.15) is 0 Å². The molecule has 2 bridgehead atoms. The number of carbonyl (C=O) groups is 2. The molecule has 2 saturated heterocycles. The Hall–Kier alpha value is -1.30. The van der Waals surface area contributed by atoms with Gasteiger partial charge in [0.15, 0.2) is 0 Å². The summed E-state index contributed by atoms with van der Waals surface area (Å²) in [5.41, 5.74) is 0. The number of ether oxygens (including phenoxy) is 1. The Labute approximate surface area is 120 Å². The van der Waals surface area contributed by atoms with E-state index in [4.69, 9.17) is 4.74 Å². The first-order valence-corrected chi connectivity index (χ1v) is 7.28. The number of hydrogen-bond donors (Lipinski definition) is 1. The first-order chi connectivity index (χ1) is 9.38. The molecule has 6 nitrogen and oxygen atoms in total. The molecule has 1 N–H and O–H groups in total. The minimum Gasteiger partial charge on any atom is -0.370 e. The van der Waals surface area contributed by atoms with E-state index in [-0.39, 0.29) is 30.1 Å². The number of fused-ring (bicyclic) bond motifs is 2. The molecule has 0 spiro atoms. The molecule has 2 aliphatic heterocycles. The van der Waals surface area contributed by atoms with Crippen molar-refractivity contribution < 1.29 is 14.3 Å². The van der Waals surface area contributed by atoms with Crippen molar-refractivity contribution in [2.24, 2.45) is 11.8 Å². The highest BCUT2D eigenvalue weighted by Gasteiger charge is 2.46. The van der Waals surface area contributed by atoms with E-state index in [1.807, 2.05) is 0 Å². The lowest BCUT2D eigenvalue weighted by molar-refractivity contribution is -0.135.